The van der Waals surface area contributed by atoms with Gasteiger partial charge in [0.1, 0.15) is 6.04 Å². The number of aliphatic carboxylic acids is 1. The van der Waals surface area contributed by atoms with E-state index in [1.807, 2.05) is 0 Å². The van der Waals surface area contributed by atoms with Crippen LogP contribution in [0.3, 0.4) is 0 Å². The number of carbonyl (C=O) groups is 1. The fourth-order valence-corrected chi connectivity index (χ4v) is 0.633. The van der Waals surface area contributed by atoms with E-state index in [1.165, 1.54) is 0 Å². The molecule has 1 rings (SSSR count). The Kier molecular flexibility index (Phi) is 1.69. The zero-order chi connectivity index (χ0) is 6.69. The molecule has 1 heterocycles. The maximum Gasteiger partial charge on any atom is 0.322 e. The molecule has 1 aliphatic rings. The third-order valence-electron chi connectivity index (χ3n) is 1.13. The van der Waals surface area contributed by atoms with Gasteiger partial charge in [-0.05, 0) is 6.42 Å². The Labute approximate surface area is 52.5 Å². The SMILES string of the molecule is O=C(O)C1CC=CNN1. The van der Waals surface area contributed by atoms with Crippen LogP contribution in [0, 0.1) is 0 Å². The summed E-state index contributed by atoms with van der Waals surface area (Å²) in [6, 6.07) is -0.477. The first-order valence-corrected chi connectivity index (χ1v) is 2.69. The van der Waals surface area contributed by atoms with Gasteiger partial charge in [-0.1, -0.05) is 6.08 Å². The van der Waals surface area contributed by atoms with Gasteiger partial charge in [-0.3, -0.25) is 4.79 Å². The molecule has 50 valence electrons. The van der Waals surface area contributed by atoms with Gasteiger partial charge in [0.25, 0.3) is 0 Å². The van der Waals surface area contributed by atoms with Crippen LogP contribution in [-0.2, 0) is 4.79 Å². The van der Waals surface area contributed by atoms with Gasteiger partial charge in [0, 0.05) is 6.20 Å². The van der Waals surface area contributed by atoms with Crippen LogP contribution >= 0.6 is 0 Å². The molecule has 4 nitrogen and oxygen atoms in total. The van der Waals surface area contributed by atoms with Gasteiger partial charge in [0.05, 0.1) is 0 Å². The van der Waals surface area contributed by atoms with Crippen LogP contribution in [-0.4, -0.2) is 17.1 Å². The second-order valence-corrected chi connectivity index (χ2v) is 1.82. The highest BCUT2D eigenvalue weighted by Gasteiger charge is 2.15. The number of nitrogens with one attached hydrogen (secondary N) is 2. The molecule has 9 heavy (non-hydrogen) atoms. The van der Waals surface area contributed by atoms with E-state index in [-0.39, 0.29) is 0 Å². The van der Waals surface area contributed by atoms with Crippen molar-refractivity contribution in [3.8, 4) is 0 Å². The summed E-state index contributed by atoms with van der Waals surface area (Å²) in [5.41, 5.74) is 5.19. The minimum absolute atomic E-state index is 0.477. The average molecular weight is 128 g/mol. The first-order chi connectivity index (χ1) is 4.30. The summed E-state index contributed by atoms with van der Waals surface area (Å²) in [4.78, 5) is 10.2. The molecule has 0 aliphatic carbocycles. The average Bonchev–Trinajstić information content (AvgIpc) is 1.90. The minimum Gasteiger partial charge on any atom is -0.480 e. The molecule has 0 bridgehead atoms. The predicted molar refractivity (Wildman–Crippen MR) is 31.5 cm³/mol. The molecular formula is C5H8N2O2. The zero-order valence-corrected chi connectivity index (χ0v) is 4.79. The molecule has 3 N–H and O–H groups in total. The summed E-state index contributed by atoms with van der Waals surface area (Å²) in [7, 11) is 0. The van der Waals surface area contributed by atoms with Gasteiger partial charge < -0.3 is 10.5 Å². The molecule has 0 aromatic carbocycles. The first kappa shape index (κ1) is 6.10. The highest BCUT2D eigenvalue weighted by Crippen LogP contribution is 1.95. The molecule has 0 spiro atoms. The van der Waals surface area contributed by atoms with Gasteiger partial charge in [0.2, 0.25) is 0 Å². The maximum absolute atomic E-state index is 10.2. The summed E-state index contributed by atoms with van der Waals surface area (Å²) in [5.74, 6) is -0.827. The number of hydrogen-bond acceptors (Lipinski definition) is 3. The lowest BCUT2D eigenvalue weighted by Crippen LogP contribution is -2.45. The minimum atomic E-state index is -0.827. The lowest BCUT2D eigenvalue weighted by Gasteiger charge is -2.15. The molecule has 1 atom stereocenters. The zero-order valence-electron chi connectivity index (χ0n) is 4.79. The first-order valence-electron chi connectivity index (χ1n) is 2.69. The fourth-order valence-electron chi connectivity index (χ4n) is 0.633. The molecule has 1 aliphatic heterocycles. The number of hydrogen-bond donors (Lipinski definition) is 3. The molecule has 1 unspecified atom stereocenters. The van der Waals surface area contributed by atoms with Crippen LogP contribution in [0.15, 0.2) is 12.3 Å². The second kappa shape index (κ2) is 2.50. The molecular weight excluding hydrogens is 120 g/mol. The molecule has 0 saturated heterocycles. The van der Waals surface area contributed by atoms with Crippen LogP contribution in [0.4, 0.5) is 0 Å². The second-order valence-electron chi connectivity index (χ2n) is 1.82. The summed E-state index contributed by atoms with van der Waals surface area (Å²) in [6.45, 7) is 0. The summed E-state index contributed by atoms with van der Waals surface area (Å²) in [6.07, 6.45) is 4.00. The maximum atomic E-state index is 10.2. The quantitative estimate of drug-likeness (QED) is 0.443. The fraction of sp³-hybridized carbons (Fsp3) is 0.400. The van der Waals surface area contributed by atoms with E-state index in [4.69, 9.17) is 5.11 Å². The van der Waals surface area contributed by atoms with Gasteiger partial charge >= 0.3 is 5.97 Å². The number of hydrazine groups is 1. The molecule has 0 fully saturated rings. The molecule has 0 saturated carbocycles. The third kappa shape index (κ3) is 1.43. The van der Waals surface area contributed by atoms with E-state index in [9.17, 15) is 4.79 Å². The Morgan fingerprint density at radius 3 is 2.89 bits per heavy atom. The molecule has 0 aromatic rings. The lowest BCUT2D eigenvalue weighted by atomic mass is 10.2. The van der Waals surface area contributed by atoms with Gasteiger partial charge in [0.15, 0.2) is 0 Å². The lowest BCUT2D eigenvalue weighted by molar-refractivity contribution is -0.139. The van der Waals surface area contributed by atoms with E-state index in [2.05, 4.69) is 10.9 Å². The van der Waals surface area contributed by atoms with Crippen LogP contribution in [0.25, 0.3) is 0 Å². The van der Waals surface area contributed by atoms with Crippen LogP contribution < -0.4 is 10.9 Å². The van der Waals surface area contributed by atoms with Crippen molar-refractivity contribution in [2.45, 2.75) is 12.5 Å². The van der Waals surface area contributed by atoms with Crippen molar-refractivity contribution >= 4 is 5.97 Å². The Bertz CT molecular complexity index is 144. The number of carboxylic acid groups (broad SMARTS) is 1. The van der Waals surface area contributed by atoms with Crippen LogP contribution in [0.5, 0.6) is 0 Å². The molecule has 0 radical (unpaired) electrons. The monoisotopic (exact) mass is 128 g/mol. The van der Waals surface area contributed by atoms with Crippen molar-refractivity contribution < 1.29 is 9.90 Å². The smallest absolute Gasteiger partial charge is 0.322 e. The number of carboxylic acids is 1. The van der Waals surface area contributed by atoms with Crippen molar-refractivity contribution in [3.05, 3.63) is 12.3 Å². The highest BCUT2D eigenvalue weighted by molar-refractivity contribution is 5.73. The van der Waals surface area contributed by atoms with Crippen molar-refractivity contribution in [1.82, 2.24) is 10.9 Å². The summed E-state index contributed by atoms with van der Waals surface area (Å²) in [5, 5.41) is 8.40. The van der Waals surface area contributed by atoms with Crippen molar-refractivity contribution in [1.29, 1.82) is 0 Å². The Hall–Kier alpha value is -1.03. The normalized spacial score (nSPS) is 25.1. The van der Waals surface area contributed by atoms with Crippen molar-refractivity contribution in [2.24, 2.45) is 0 Å². The van der Waals surface area contributed by atoms with Gasteiger partial charge in [-0.25, -0.2) is 5.43 Å². The van der Waals surface area contributed by atoms with E-state index in [0.717, 1.165) is 0 Å². The van der Waals surface area contributed by atoms with Crippen LogP contribution in [0.1, 0.15) is 6.42 Å². The topological polar surface area (TPSA) is 61.4 Å². The van der Waals surface area contributed by atoms with E-state index in [1.54, 1.807) is 12.3 Å². The molecule has 0 amide bonds. The largest absolute Gasteiger partial charge is 0.480 e. The summed E-state index contributed by atoms with van der Waals surface area (Å²) < 4.78 is 0. The Morgan fingerprint density at radius 2 is 2.56 bits per heavy atom. The van der Waals surface area contributed by atoms with Crippen molar-refractivity contribution in [2.75, 3.05) is 0 Å². The molecule has 4 heteroatoms. The standard InChI is InChI=1S/C5H8N2O2/c8-5(9)4-2-1-3-6-7-4/h1,3-4,6-7H,2H2,(H,8,9). The van der Waals surface area contributed by atoms with Gasteiger partial charge in [-0.2, -0.15) is 0 Å². The van der Waals surface area contributed by atoms with E-state index in [0.29, 0.717) is 6.42 Å². The number of rotatable bonds is 1. The van der Waals surface area contributed by atoms with Crippen molar-refractivity contribution in [3.63, 3.8) is 0 Å². The highest BCUT2D eigenvalue weighted by atomic mass is 16.4. The predicted octanol–water partition coefficient (Wildman–Crippen LogP) is -0.549. The Morgan fingerprint density at radius 1 is 1.78 bits per heavy atom. The Balaban J connectivity index is 2.44. The molecule has 0 aromatic heterocycles. The third-order valence-corrected chi connectivity index (χ3v) is 1.13. The summed E-state index contributed by atoms with van der Waals surface area (Å²) >= 11 is 0. The van der Waals surface area contributed by atoms with Crippen LogP contribution in [0.2, 0.25) is 0 Å². The van der Waals surface area contributed by atoms with Gasteiger partial charge in [-0.15, -0.1) is 0 Å². The van der Waals surface area contributed by atoms with E-state index >= 15 is 0 Å². The van der Waals surface area contributed by atoms with E-state index < -0.39 is 12.0 Å².